The lowest BCUT2D eigenvalue weighted by atomic mass is 9.59. The van der Waals surface area contributed by atoms with Crippen molar-refractivity contribution in [1.82, 2.24) is 0 Å². The van der Waals surface area contributed by atoms with Gasteiger partial charge in [0.05, 0.1) is 17.1 Å². The summed E-state index contributed by atoms with van der Waals surface area (Å²) in [4.78, 5) is 4.93. The Kier molecular flexibility index (Phi) is 3.48. The van der Waals surface area contributed by atoms with Gasteiger partial charge in [0.15, 0.2) is 5.58 Å². The van der Waals surface area contributed by atoms with Gasteiger partial charge in [-0.05, 0) is 41.4 Å². The van der Waals surface area contributed by atoms with Crippen molar-refractivity contribution in [3.8, 4) is 11.1 Å². The second-order valence-electron chi connectivity index (χ2n) is 8.96. The number of rotatable bonds is 1. The van der Waals surface area contributed by atoms with E-state index in [9.17, 15) is 0 Å². The van der Waals surface area contributed by atoms with Crippen molar-refractivity contribution in [2.24, 2.45) is 0 Å². The van der Waals surface area contributed by atoms with Crippen LogP contribution in [0.4, 0.5) is 22.7 Å². The number of anilines is 4. The van der Waals surface area contributed by atoms with Gasteiger partial charge >= 0.3 is 6.98 Å². The van der Waals surface area contributed by atoms with E-state index in [1.807, 2.05) is 6.07 Å². The first-order valence-electron chi connectivity index (χ1n) is 11.7. The van der Waals surface area contributed by atoms with Crippen molar-refractivity contribution in [1.29, 1.82) is 0 Å². The Balaban J connectivity index is 1.47. The van der Waals surface area contributed by atoms with Crippen LogP contribution in [-0.4, -0.2) is 6.98 Å². The Bertz CT molecular complexity index is 1750. The largest absolute Gasteiger partial charge is 0.454 e. The number of hydrogen-bond donors (Lipinski definition) is 0. The van der Waals surface area contributed by atoms with E-state index in [0.717, 1.165) is 27.6 Å². The smallest absolute Gasteiger partial charge is 0.421 e. The highest BCUT2D eigenvalue weighted by Crippen LogP contribution is 2.52. The highest BCUT2D eigenvalue weighted by atomic mass is 16.3. The lowest BCUT2D eigenvalue weighted by Gasteiger charge is -2.36. The summed E-state index contributed by atoms with van der Waals surface area (Å²) in [5.41, 5.74) is 10.4. The predicted molar refractivity (Wildman–Crippen MR) is 142 cm³/mol. The van der Waals surface area contributed by atoms with Crippen molar-refractivity contribution in [3.05, 3.63) is 115 Å². The van der Waals surface area contributed by atoms with Gasteiger partial charge < -0.3 is 14.0 Å². The summed E-state index contributed by atoms with van der Waals surface area (Å²) in [5, 5.41) is 2.30. The van der Waals surface area contributed by atoms with E-state index in [1.54, 1.807) is 0 Å². The Labute approximate surface area is 197 Å². The SMILES string of the molecule is c1ccc2c(c1)B1N(c3ccccc3-2)c2ccccc2N1c1cccc2c1oc1ccccc12. The minimum Gasteiger partial charge on any atom is -0.454 e. The predicted octanol–water partition coefficient (Wildman–Crippen LogP) is 7.25. The summed E-state index contributed by atoms with van der Waals surface area (Å²) >= 11 is 0. The summed E-state index contributed by atoms with van der Waals surface area (Å²) in [6.07, 6.45) is 0. The molecule has 2 aliphatic rings. The molecule has 2 aliphatic heterocycles. The molecule has 0 atom stereocenters. The molecule has 4 heteroatoms. The first-order chi connectivity index (χ1) is 16.9. The second-order valence-corrected chi connectivity index (χ2v) is 8.96. The molecule has 0 unspecified atom stereocenters. The maximum absolute atomic E-state index is 6.49. The number of nitrogens with zero attached hydrogens (tertiary/aromatic N) is 2. The number of hydrogen-bond acceptors (Lipinski definition) is 3. The molecule has 0 radical (unpaired) electrons. The molecule has 0 saturated carbocycles. The van der Waals surface area contributed by atoms with Crippen LogP contribution in [0.3, 0.4) is 0 Å². The monoisotopic (exact) mass is 434 g/mol. The lowest BCUT2D eigenvalue weighted by molar-refractivity contribution is 0.669. The van der Waals surface area contributed by atoms with Crippen molar-refractivity contribution >= 4 is 57.1 Å². The average Bonchev–Trinajstić information content (AvgIpc) is 3.45. The van der Waals surface area contributed by atoms with Crippen molar-refractivity contribution in [3.63, 3.8) is 0 Å². The molecule has 0 N–H and O–H groups in total. The minimum absolute atomic E-state index is 0.00214. The van der Waals surface area contributed by atoms with E-state index in [0.29, 0.717) is 0 Å². The number of fused-ring (bicyclic) bond motifs is 11. The molecule has 0 amide bonds. The first-order valence-corrected chi connectivity index (χ1v) is 11.7. The van der Waals surface area contributed by atoms with Crippen LogP contribution in [0.15, 0.2) is 120 Å². The molecule has 0 saturated heterocycles. The van der Waals surface area contributed by atoms with Crippen molar-refractivity contribution in [2.45, 2.75) is 0 Å². The third-order valence-electron chi connectivity index (χ3n) is 7.23. The summed E-state index contributed by atoms with van der Waals surface area (Å²) in [7, 11) is 0. The fourth-order valence-electron chi connectivity index (χ4n) is 5.85. The molecular weight excluding hydrogens is 415 g/mol. The van der Waals surface area contributed by atoms with Crippen LogP contribution in [0.1, 0.15) is 0 Å². The van der Waals surface area contributed by atoms with Crippen LogP contribution >= 0.6 is 0 Å². The van der Waals surface area contributed by atoms with Crippen LogP contribution in [-0.2, 0) is 0 Å². The zero-order chi connectivity index (χ0) is 22.2. The molecule has 3 nitrogen and oxygen atoms in total. The summed E-state index contributed by atoms with van der Waals surface area (Å²) in [6.45, 7) is 0.00214. The van der Waals surface area contributed by atoms with E-state index >= 15 is 0 Å². The molecule has 158 valence electrons. The number of benzene rings is 5. The summed E-state index contributed by atoms with van der Waals surface area (Å²) in [6, 6.07) is 41.0. The van der Waals surface area contributed by atoms with E-state index in [-0.39, 0.29) is 6.98 Å². The van der Waals surface area contributed by atoms with Crippen LogP contribution in [0.25, 0.3) is 33.1 Å². The fourth-order valence-corrected chi connectivity index (χ4v) is 5.85. The highest BCUT2D eigenvalue weighted by molar-refractivity contribution is 6.86. The molecule has 3 heterocycles. The molecule has 0 bridgehead atoms. The van der Waals surface area contributed by atoms with Crippen molar-refractivity contribution < 1.29 is 4.42 Å². The first kappa shape index (κ1) is 18.0. The minimum atomic E-state index is 0.00214. The summed E-state index contributed by atoms with van der Waals surface area (Å²) < 4.78 is 6.49. The third kappa shape index (κ3) is 2.22. The molecule has 1 aromatic heterocycles. The molecule has 8 rings (SSSR count). The molecule has 0 spiro atoms. The normalized spacial score (nSPS) is 13.7. The molecule has 0 aliphatic carbocycles. The molecule has 6 aromatic rings. The van der Waals surface area contributed by atoms with Gasteiger partial charge in [0.25, 0.3) is 0 Å². The maximum Gasteiger partial charge on any atom is 0.421 e. The van der Waals surface area contributed by atoms with Crippen molar-refractivity contribution in [2.75, 3.05) is 9.62 Å². The fraction of sp³-hybridized carbons (Fsp3) is 0. The van der Waals surface area contributed by atoms with Crippen LogP contribution in [0, 0.1) is 0 Å². The molecule has 5 aromatic carbocycles. The molecule has 34 heavy (non-hydrogen) atoms. The van der Waals surface area contributed by atoms with Gasteiger partial charge in [-0.25, -0.2) is 0 Å². The van der Waals surface area contributed by atoms with Crippen LogP contribution in [0.2, 0.25) is 0 Å². The highest BCUT2D eigenvalue weighted by Gasteiger charge is 2.48. The Morgan fingerprint density at radius 3 is 1.91 bits per heavy atom. The van der Waals surface area contributed by atoms with E-state index < -0.39 is 0 Å². The van der Waals surface area contributed by atoms with E-state index in [2.05, 4.69) is 119 Å². The average molecular weight is 434 g/mol. The number of para-hydroxylation sites is 5. The molecule has 0 fully saturated rings. The van der Waals surface area contributed by atoms with Crippen LogP contribution in [0.5, 0.6) is 0 Å². The standard InChI is InChI=1S/C30H19BN2O/c1-4-14-24-20(10-1)21-11-2-5-15-25(21)32-26-16-6-7-17-27(26)33(31(24)32)28-18-9-13-23-22-12-3-8-19-29(22)34-30(23)28/h1-19H. The Morgan fingerprint density at radius 1 is 0.471 bits per heavy atom. The van der Waals surface area contributed by atoms with Crippen LogP contribution < -0.4 is 15.1 Å². The molecular formula is C30H19BN2O. The number of furan rings is 1. The van der Waals surface area contributed by atoms with Gasteiger partial charge in [0.1, 0.15) is 5.58 Å². The van der Waals surface area contributed by atoms with Gasteiger partial charge in [-0.3, -0.25) is 0 Å². The third-order valence-corrected chi connectivity index (χ3v) is 7.23. The summed E-state index contributed by atoms with van der Waals surface area (Å²) in [5.74, 6) is 0. The van der Waals surface area contributed by atoms with Gasteiger partial charge in [-0.2, -0.15) is 0 Å². The van der Waals surface area contributed by atoms with Gasteiger partial charge in [0, 0.05) is 22.0 Å². The topological polar surface area (TPSA) is 19.6 Å². The quantitative estimate of drug-likeness (QED) is 0.254. The van der Waals surface area contributed by atoms with E-state index in [1.165, 1.54) is 33.7 Å². The Morgan fingerprint density at radius 2 is 1.06 bits per heavy atom. The zero-order valence-corrected chi connectivity index (χ0v) is 18.3. The van der Waals surface area contributed by atoms with Gasteiger partial charge in [-0.1, -0.05) is 84.9 Å². The van der Waals surface area contributed by atoms with Gasteiger partial charge in [-0.15, -0.1) is 0 Å². The second kappa shape index (κ2) is 6.55. The lowest BCUT2D eigenvalue weighted by Crippen LogP contribution is -2.55. The zero-order valence-electron chi connectivity index (χ0n) is 18.3. The van der Waals surface area contributed by atoms with Gasteiger partial charge in [0.2, 0.25) is 0 Å². The Hall–Kier alpha value is -4.44. The van der Waals surface area contributed by atoms with E-state index in [4.69, 9.17) is 4.42 Å². The maximum atomic E-state index is 6.49.